The molecule has 2 aromatic carbocycles. The summed E-state index contributed by atoms with van der Waals surface area (Å²) in [5, 5.41) is 2.52. The third kappa shape index (κ3) is 2.19. The Balaban J connectivity index is 2.09. The van der Waals surface area contributed by atoms with Crippen LogP contribution < -0.4 is 0 Å². The van der Waals surface area contributed by atoms with Gasteiger partial charge in [0.1, 0.15) is 5.82 Å². The Kier molecular flexibility index (Phi) is 3.15. The summed E-state index contributed by atoms with van der Waals surface area (Å²) in [7, 11) is 0. The second-order valence-electron chi connectivity index (χ2n) is 4.79. The first-order valence-corrected chi connectivity index (χ1v) is 7.11. The molecule has 0 aliphatic carbocycles. The Morgan fingerprint density at radius 3 is 2.63 bits per heavy atom. The highest BCUT2D eigenvalue weighted by molar-refractivity contribution is 9.10. The van der Waals surface area contributed by atoms with Crippen LogP contribution in [0.25, 0.3) is 10.8 Å². The normalized spacial score (nSPS) is 11.1. The van der Waals surface area contributed by atoms with E-state index in [4.69, 9.17) is 0 Å². The molecule has 1 heterocycles. The topological polar surface area (TPSA) is 17.8 Å². The van der Waals surface area contributed by atoms with Crippen LogP contribution in [-0.4, -0.2) is 9.55 Å². The summed E-state index contributed by atoms with van der Waals surface area (Å²) in [6.07, 6.45) is 1.92. The molecule has 3 heteroatoms. The fraction of sp³-hybridized carbons (Fsp3) is 0.188. The summed E-state index contributed by atoms with van der Waals surface area (Å²) < 4.78 is 3.41. The second kappa shape index (κ2) is 4.82. The molecule has 2 nitrogen and oxygen atoms in total. The number of fused-ring (bicyclic) bond motifs is 1. The number of halogens is 1. The minimum atomic E-state index is 0.850. The predicted molar refractivity (Wildman–Crippen MR) is 82.5 cm³/mol. The van der Waals surface area contributed by atoms with E-state index in [0.29, 0.717) is 0 Å². The van der Waals surface area contributed by atoms with Crippen LogP contribution in [-0.2, 0) is 6.54 Å². The van der Waals surface area contributed by atoms with Crippen LogP contribution in [0, 0.1) is 13.8 Å². The molecule has 0 radical (unpaired) electrons. The monoisotopic (exact) mass is 314 g/mol. The quantitative estimate of drug-likeness (QED) is 0.682. The molecule has 0 spiro atoms. The van der Waals surface area contributed by atoms with Gasteiger partial charge in [-0.3, -0.25) is 0 Å². The molecule has 96 valence electrons. The van der Waals surface area contributed by atoms with Gasteiger partial charge in [0.15, 0.2) is 0 Å². The summed E-state index contributed by atoms with van der Waals surface area (Å²) in [5.74, 6) is 1.05. The van der Waals surface area contributed by atoms with Gasteiger partial charge >= 0.3 is 0 Å². The van der Waals surface area contributed by atoms with Crippen LogP contribution in [0.2, 0.25) is 0 Å². The summed E-state index contributed by atoms with van der Waals surface area (Å²) >= 11 is 3.74. The summed E-state index contributed by atoms with van der Waals surface area (Å²) in [4.78, 5) is 4.35. The highest BCUT2D eigenvalue weighted by atomic mass is 79.9. The van der Waals surface area contributed by atoms with Crippen LogP contribution in [0.4, 0.5) is 0 Å². The van der Waals surface area contributed by atoms with E-state index in [9.17, 15) is 0 Å². The molecule has 1 aromatic heterocycles. The number of aryl methyl sites for hydroxylation is 2. The Morgan fingerprint density at radius 2 is 1.89 bits per heavy atom. The number of aromatic nitrogens is 2. The Labute approximate surface area is 121 Å². The van der Waals surface area contributed by atoms with E-state index in [-0.39, 0.29) is 0 Å². The van der Waals surface area contributed by atoms with E-state index in [0.717, 1.165) is 12.4 Å². The Morgan fingerprint density at radius 1 is 1.11 bits per heavy atom. The van der Waals surface area contributed by atoms with E-state index >= 15 is 0 Å². The molecule has 3 rings (SSSR count). The lowest BCUT2D eigenvalue weighted by Crippen LogP contribution is -2.04. The van der Waals surface area contributed by atoms with Crippen molar-refractivity contribution in [2.45, 2.75) is 20.4 Å². The highest BCUT2D eigenvalue weighted by Crippen LogP contribution is 2.28. The molecule has 19 heavy (non-hydrogen) atoms. The summed E-state index contributed by atoms with van der Waals surface area (Å²) in [5.41, 5.74) is 2.47. The van der Waals surface area contributed by atoms with Gasteiger partial charge in [-0.05, 0) is 46.1 Å². The van der Waals surface area contributed by atoms with E-state index in [1.807, 2.05) is 13.1 Å². The van der Waals surface area contributed by atoms with Crippen molar-refractivity contribution >= 4 is 26.7 Å². The SMILES string of the molecule is Cc1cnc(C)n1Cc1ccc2ccccc2c1Br. The van der Waals surface area contributed by atoms with Gasteiger partial charge in [-0.2, -0.15) is 0 Å². The highest BCUT2D eigenvalue weighted by Gasteiger charge is 2.08. The molecular weight excluding hydrogens is 300 g/mol. The average Bonchev–Trinajstić information content (AvgIpc) is 2.74. The predicted octanol–water partition coefficient (Wildman–Crippen LogP) is 4.46. The first kappa shape index (κ1) is 12.4. The van der Waals surface area contributed by atoms with Crippen molar-refractivity contribution in [3.8, 4) is 0 Å². The number of nitrogens with zero attached hydrogens (tertiary/aromatic N) is 2. The van der Waals surface area contributed by atoms with Gasteiger partial charge in [-0.25, -0.2) is 4.98 Å². The smallest absolute Gasteiger partial charge is 0.106 e. The van der Waals surface area contributed by atoms with Gasteiger partial charge < -0.3 is 4.57 Å². The molecule has 0 bridgehead atoms. The number of rotatable bonds is 2. The van der Waals surface area contributed by atoms with Crippen LogP contribution in [0.5, 0.6) is 0 Å². The maximum Gasteiger partial charge on any atom is 0.106 e. The van der Waals surface area contributed by atoms with Gasteiger partial charge in [0.2, 0.25) is 0 Å². The van der Waals surface area contributed by atoms with Gasteiger partial charge in [0.05, 0.1) is 6.54 Å². The van der Waals surface area contributed by atoms with Crippen molar-refractivity contribution < 1.29 is 0 Å². The molecule has 0 N–H and O–H groups in total. The molecule has 0 aliphatic rings. The lowest BCUT2D eigenvalue weighted by atomic mass is 10.1. The zero-order chi connectivity index (χ0) is 13.4. The number of hydrogen-bond donors (Lipinski definition) is 0. The molecule has 0 saturated heterocycles. The largest absolute Gasteiger partial charge is 0.328 e. The van der Waals surface area contributed by atoms with Crippen molar-refractivity contribution in [2.24, 2.45) is 0 Å². The molecule has 3 aromatic rings. The van der Waals surface area contributed by atoms with Crippen LogP contribution in [0.3, 0.4) is 0 Å². The van der Waals surface area contributed by atoms with Gasteiger partial charge in [-0.1, -0.05) is 36.4 Å². The standard InChI is InChI=1S/C16H15BrN2/c1-11-9-18-12(2)19(11)10-14-8-7-13-5-3-4-6-15(13)16(14)17/h3-9H,10H2,1-2H3. The molecular formula is C16H15BrN2. The van der Waals surface area contributed by atoms with Gasteiger partial charge in [0.25, 0.3) is 0 Å². The summed E-state index contributed by atoms with van der Waals surface area (Å²) in [6.45, 7) is 4.99. The van der Waals surface area contributed by atoms with E-state index < -0.39 is 0 Å². The zero-order valence-electron chi connectivity index (χ0n) is 11.0. The van der Waals surface area contributed by atoms with E-state index in [1.54, 1.807) is 0 Å². The maximum atomic E-state index is 4.35. The fourth-order valence-electron chi connectivity index (χ4n) is 2.39. The molecule has 0 aliphatic heterocycles. The van der Waals surface area contributed by atoms with Gasteiger partial charge in [-0.15, -0.1) is 0 Å². The van der Waals surface area contributed by atoms with Crippen molar-refractivity contribution in [3.05, 3.63) is 64.1 Å². The average molecular weight is 315 g/mol. The molecule has 0 amide bonds. The Hall–Kier alpha value is -1.61. The lowest BCUT2D eigenvalue weighted by molar-refractivity contribution is 0.737. The minimum Gasteiger partial charge on any atom is -0.328 e. The van der Waals surface area contributed by atoms with Crippen LogP contribution >= 0.6 is 15.9 Å². The minimum absolute atomic E-state index is 0.850. The molecule has 0 atom stereocenters. The first-order valence-electron chi connectivity index (χ1n) is 6.31. The van der Waals surface area contributed by atoms with Crippen LogP contribution in [0.1, 0.15) is 17.1 Å². The molecule has 0 fully saturated rings. The van der Waals surface area contributed by atoms with Crippen molar-refractivity contribution in [1.82, 2.24) is 9.55 Å². The zero-order valence-corrected chi connectivity index (χ0v) is 12.6. The fourth-order valence-corrected chi connectivity index (χ4v) is 3.01. The maximum absolute atomic E-state index is 4.35. The number of imidazole rings is 1. The third-order valence-electron chi connectivity index (χ3n) is 3.53. The van der Waals surface area contributed by atoms with Crippen LogP contribution in [0.15, 0.2) is 47.1 Å². The number of benzene rings is 2. The van der Waals surface area contributed by atoms with E-state index in [1.165, 1.54) is 26.5 Å². The van der Waals surface area contributed by atoms with Gasteiger partial charge in [0, 0.05) is 16.4 Å². The van der Waals surface area contributed by atoms with Crippen molar-refractivity contribution in [2.75, 3.05) is 0 Å². The van der Waals surface area contributed by atoms with Crippen molar-refractivity contribution in [3.63, 3.8) is 0 Å². The van der Waals surface area contributed by atoms with Crippen molar-refractivity contribution in [1.29, 1.82) is 0 Å². The molecule has 0 unspecified atom stereocenters. The second-order valence-corrected chi connectivity index (χ2v) is 5.59. The summed E-state index contributed by atoms with van der Waals surface area (Å²) in [6, 6.07) is 12.8. The Bertz CT molecular complexity index is 724. The lowest BCUT2D eigenvalue weighted by Gasteiger charge is -2.11. The third-order valence-corrected chi connectivity index (χ3v) is 4.46. The molecule has 0 saturated carbocycles. The number of hydrogen-bond acceptors (Lipinski definition) is 1. The van der Waals surface area contributed by atoms with E-state index in [2.05, 4.69) is 68.8 Å². The first-order chi connectivity index (χ1) is 9.16.